The number of nitrogens with zero attached hydrogens (tertiary/aromatic N) is 4. The van der Waals surface area contributed by atoms with Crippen molar-refractivity contribution in [3.63, 3.8) is 0 Å². The van der Waals surface area contributed by atoms with Crippen molar-refractivity contribution >= 4 is 11.2 Å². The summed E-state index contributed by atoms with van der Waals surface area (Å²) in [5.41, 5.74) is -0.0224. The molecule has 7 heteroatoms. The maximum atomic E-state index is 12.1. The highest BCUT2D eigenvalue weighted by Gasteiger charge is 2.17. The second-order valence-corrected chi connectivity index (χ2v) is 4.89. The molecule has 0 N–H and O–H groups in total. The first-order valence-corrected chi connectivity index (χ1v) is 6.74. The average molecular weight is 280 g/mol. The van der Waals surface area contributed by atoms with Crippen molar-refractivity contribution in [1.29, 1.82) is 0 Å². The molecule has 0 bridgehead atoms. The Hall–Kier alpha value is -2.05. The van der Waals surface area contributed by atoms with Gasteiger partial charge in [-0.2, -0.15) is 4.98 Å². The lowest BCUT2D eigenvalue weighted by molar-refractivity contribution is 0.275. The average Bonchev–Trinajstić information content (AvgIpc) is 2.76. The molecule has 0 amide bonds. The van der Waals surface area contributed by atoms with Crippen molar-refractivity contribution in [2.45, 2.75) is 26.2 Å². The van der Waals surface area contributed by atoms with Gasteiger partial charge in [0.25, 0.3) is 11.6 Å². The number of hydrogen-bond acceptors (Lipinski definition) is 4. The summed E-state index contributed by atoms with van der Waals surface area (Å²) in [6.45, 7) is 2.67. The van der Waals surface area contributed by atoms with Gasteiger partial charge in [0.15, 0.2) is 11.2 Å². The molecule has 0 unspecified atom stereocenters. The molecule has 2 rings (SSSR count). The van der Waals surface area contributed by atoms with Gasteiger partial charge < -0.3 is 4.74 Å². The maximum absolute atomic E-state index is 12.1. The van der Waals surface area contributed by atoms with Crippen molar-refractivity contribution < 1.29 is 4.74 Å². The highest BCUT2D eigenvalue weighted by molar-refractivity contribution is 5.71. The van der Waals surface area contributed by atoms with Gasteiger partial charge in [0, 0.05) is 21.1 Å². The van der Waals surface area contributed by atoms with Crippen LogP contribution in [-0.4, -0.2) is 25.3 Å². The second-order valence-electron chi connectivity index (χ2n) is 4.89. The Morgan fingerprint density at radius 1 is 1.05 bits per heavy atom. The minimum Gasteiger partial charge on any atom is -0.465 e. The lowest BCUT2D eigenvalue weighted by atomic mass is 10.3. The normalized spacial score (nSPS) is 11.2. The fourth-order valence-corrected chi connectivity index (χ4v) is 2.14. The zero-order chi connectivity index (χ0) is 14.9. The summed E-state index contributed by atoms with van der Waals surface area (Å²) in [4.78, 5) is 28.3. The fourth-order valence-electron chi connectivity index (χ4n) is 2.14. The van der Waals surface area contributed by atoms with Gasteiger partial charge in [0.1, 0.15) is 0 Å². The molecule has 0 saturated heterocycles. The standard InChI is InChI=1S/C13H20N4O3/c1-5-6-7-8-20-12-14-10-9(15(12)2)11(18)17(4)13(19)16(10)3/h5-8H2,1-4H3. The molecule has 2 aromatic rings. The zero-order valence-corrected chi connectivity index (χ0v) is 12.3. The van der Waals surface area contributed by atoms with E-state index >= 15 is 0 Å². The summed E-state index contributed by atoms with van der Waals surface area (Å²) < 4.78 is 9.63. The largest absolute Gasteiger partial charge is 0.465 e. The minimum atomic E-state index is -0.391. The highest BCUT2D eigenvalue weighted by atomic mass is 16.5. The maximum Gasteiger partial charge on any atom is 0.332 e. The Bertz CT molecular complexity index is 739. The van der Waals surface area contributed by atoms with Gasteiger partial charge >= 0.3 is 5.69 Å². The van der Waals surface area contributed by atoms with E-state index < -0.39 is 5.69 Å². The third-order valence-corrected chi connectivity index (χ3v) is 3.41. The predicted octanol–water partition coefficient (Wildman–Crippen LogP) is 0.540. The van der Waals surface area contributed by atoms with Gasteiger partial charge in [0.05, 0.1) is 6.61 Å². The first-order valence-electron chi connectivity index (χ1n) is 6.74. The second kappa shape index (κ2) is 5.52. The lowest BCUT2D eigenvalue weighted by Gasteiger charge is -2.04. The van der Waals surface area contributed by atoms with Crippen LogP contribution >= 0.6 is 0 Å². The summed E-state index contributed by atoms with van der Waals surface area (Å²) >= 11 is 0. The van der Waals surface area contributed by atoms with Crippen molar-refractivity contribution in [3.8, 4) is 6.01 Å². The van der Waals surface area contributed by atoms with Gasteiger partial charge in [-0.3, -0.25) is 18.5 Å². The Morgan fingerprint density at radius 3 is 2.40 bits per heavy atom. The quantitative estimate of drug-likeness (QED) is 0.749. The number of unbranched alkanes of at least 4 members (excludes halogenated alkanes) is 2. The van der Waals surface area contributed by atoms with Crippen LogP contribution in [0.15, 0.2) is 9.59 Å². The lowest BCUT2D eigenvalue weighted by Crippen LogP contribution is -2.37. The van der Waals surface area contributed by atoms with E-state index in [1.54, 1.807) is 18.7 Å². The molecule has 0 saturated carbocycles. The number of aromatic nitrogens is 4. The number of imidazole rings is 1. The van der Waals surface area contributed by atoms with E-state index in [1.807, 2.05) is 0 Å². The third-order valence-electron chi connectivity index (χ3n) is 3.41. The molecule has 0 aromatic carbocycles. The molecular weight excluding hydrogens is 260 g/mol. The minimum absolute atomic E-state index is 0.353. The van der Waals surface area contributed by atoms with E-state index in [0.717, 1.165) is 23.8 Å². The van der Waals surface area contributed by atoms with E-state index in [-0.39, 0.29) is 5.56 Å². The Balaban J connectivity index is 2.48. The fraction of sp³-hybridized carbons (Fsp3) is 0.615. The number of rotatable bonds is 5. The summed E-state index contributed by atoms with van der Waals surface area (Å²) in [6.07, 6.45) is 3.14. The smallest absolute Gasteiger partial charge is 0.332 e. The van der Waals surface area contributed by atoms with Crippen LogP contribution < -0.4 is 16.0 Å². The third kappa shape index (κ3) is 2.23. The molecule has 0 spiro atoms. The van der Waals surface area contributed by atoms with Crippen LogP contribution in [0.2, 0.25) is 0 Å². The molecule has 0 aliphatic heterocycles. The zero-order valence-electron chi connectivity index (χ0n) is 12.3. The summed E-state index contributed by atoms with van der Waals surface area (Å²) in [5.74, 6) is 0. The van der Waals surface area contributed by atoms with Crippen LogP contribution in [-0.2, 0) is 21.1 Å². The molecule has 0 radical (unpaired) electrons. The van der Waals surface area contributed by atoms with E-state index in [1.165, 1.54) is 11.6 Å². The molecule has 0 atom stereocenters. The van der Waals surface area contributed by atoms with Crippen molar-refractivity contribution in [2.75, 3.05) is 6.61 Å². The monoisotopic (exact) mass is 280 g/mol. The summed E-state index contributed by atoms with van der Waals surface area (Å²) in [6, 6.07) is 0.370. The van der Waals surface area contributed by atoms with Crippen molar-refractivity contribution in [3.05, 3.63) is 20.8 Å². The van der Waals surface area contributed by atoms with E-state index in [2.05, 4.69) is 11.9 Å². The van der Waals surface area contributed by atoms with E-state index in [9.17, 15) is 9.59 Å². The first kappa shape index (κ1) is 14.4. The Morgan fingerprint density at radius 2 is 1.75 bits per heavy atom. The molecular formula is C13H20N4O3. The van der Waals surface area contributed by atoms with Gasteiger partial charge in [-0.1, -0.05) is 19.8 Å². The van der Waals surface area contributed by atoms with E-state index in [0.29, 0.717) is 23.8 Å². The van der Waals surface area contributed by atoms with Crippen LogP contribution in [0, 0.1) is 0 Å². The number of aryl methyl sites for hydroxylation is 2. The molecule has 0 fully saturated rings. The van der Waals surface area contributed by atoms with Crippen LogP contribution in [0.3, 0.4) is 0 Å². The molecule has 0 aliphatic carbocycles. The SMILES string of the molecule is CCCCCOc1nc2c(c(=O)n(C)c(=O)n2C)n1C. The molecule has 7 nitrogen and oxygen atoms in total. The van der Waals surface area contributed by atoms with Crippen molar-refractivity contribution in [2.24, 2.45) is 21.1 Å². The van der Waals surface area contributed by atoms with E-state index in [4.69, 9.17) is 4.74 Å². The van der Waals surface area contributed by atoms with Crippen LogP contribution in [0.5, 0.6) is 6.01 Å². The summed E-state index contributed by atoms with van der Waals surface area (Å²) in [5, 5.41) is 0. The molecule has 20 heavy (non-hydrogen) atoms. The molecule has 0 aliphatic rings. The number of ether oxygens (including phenoxy) is 1. The van der Waals surface area contributed by atoms with Gasteiger partial charge in [-0.15, -0.1) is 0 Å². The molecule has 2 heterocycles. The summed E-state index contributed by atoms with van der Waals surface area (Å²) in [7, 11) is 4.77. The highest BCUT2D eigenvalue weighted by Crippen LogP contribution is 2.15. The topological polar surface area (TPSA) is 71.1 Å². The number of fused-ring (bicyclic) bond motifs is 1. The van der Waals surface area contributed by atoms with Crippen LogP contribution in [0.4, 0.5) is 0 Å². The predicted molar refractivity (Wildman–Crippen MR) is 76.2 cm³/mol. The first-order chi connectivity index (χ1) is 9.49. The van der Waals surface area contributed by atoms with Crippen molar-refractivity contribution in [1.82, 2.24) is 18.7 Å². The van der Waals surface area contributed by atoms with Gasteiger partial charge in [0.2, 0.25) is 0 Å². The van der Waals surface area contributed by atoms with Gasteiger partial charge in [-0.25, -0.2) is 4.79 Å². The van der Waals surface area contributed by atoms with Crippen LogP contribution in [0.25, 0.3) is 11.2 Å². The van der Waals surface area contributed by atoms with Crippen LogP contribution in [0.1, 0.15) is 26.2 Å². The van der Waals surface area contributed by atoms with Gasteiger partial charge in [-0.05, 0) is 6.42 Å². The Labute approximate surface area is 116 Å². The molecule has 2 aromatic heterocycles. The molecule has 110 valence electrons. The number of hydrogen-bond donors (Lipinski definition) is 0. The Kier molecular flexibility index (Phi) is 3.96.